The van der Waals surface area contributed by atoms with Gasteiger partial charge in [-0.1, -0.05) is 0 Å². The number of hydrogen-bond donors (Lipinski definition) is 0. The number of fused-ring (bicyclic) bond motifs is 2. The van der Waals surface area contributed by atoms with Crippen LogP contribution in [0, 0.1) is 0 Å². The average molecular weight is 297 g/mol. The highest BCUT2D eigenvalue weighted by molar-refractivity contribution is 8.14. The number of carbonyl (C=O) groups is 2. The number of thioether (sulfide) groups is 1. The molecule has 1 amide bonds. The van der Waals surface area contributed by atoms with Crippen LogP contribution < -0.4 is 4.74 Å². The third-order valence-electron chi connectivity index (χ3n) is 3.16. The van der Waals surface area contributed by atoms with Crippen molar-refractivity contribution in [1.29, 1.82) is 0 Å². The maximum atomic E-state index is 12.4. The zero-order chi connectivity index (χ0) is 13.6. The summed E-state index contributed by atoms with van der Waals surface area (Å²) in [6, 6.07) is 4.49. The van der Waals surface area contributed by atoms with Gasteiger partial charge in [0, 0.05) is 15.7 Å². The van der Waals surface area contributed by atoms with Gasteiger partial charge in [0.15, 0.2) is 0 Å². The maximum Gasteiger partial charge on any atom is 0.256 e. The third-order valence-corrected chi connectivity index (χ3v) is 5.47. The lowest BCUT2D eigenvalue weighted by Crippen LogP contribution is -2.39. The molecule has 2 aliphatic heterocycles. The van der Waals surface area contributed by atoms with Gasteiger partial charge in [0.1, 0.15) is 11.8 Å². The molecule has 3 rings (SSSR count). The Bertz CT molecular complexity index is 601. The van der Waals surface area contributed by atoms with Crippen LogP contribution in [0.4, 0.5) is 0 Å². The molecule has 2 heterocycles. The summed E-state index contributed by atoms with van der Waals surface area (Å²) in [5.41, 5.74) is 0.444. The first-order chi connectivity index (χ1) is 9.10. The van der Waals surface area contributed by atoms with E-state index in [4.69, 9.17) is 4.74 Å². The summed E-state index contributed by atoms with van der Waals surface area (Å²) in [6.07, 6.45) is 0. The highest BCUT2D eigenvalue weighted by atomic mass is 32.2. The van der Waals surface area contributed by atoms with E-state index in [1.165, 1.54) is 12.0 Å². The van der Waals surface area contributed by atoms with E-state index in [1.54, 1.807) is 18.2 Å². The number of methoxy groups -OCH3 is 1. The molecule has 19 heavy (non-hydrogen) atoms. The van der Waals surface area contributed by atoms with E-state index >= 15 is 0 Å². The Labute approximate surface area is 116 Å². The summed E-state index contributed by atoms with van der Waals surface area (Å²) in [6.45, 7) is 0. The lowest BCUT2D eigenvalue weighted by Gasteiger charge is -2.18. The van der Waals surface area contributed by atoms with Crippen molar-refractivity contribution in [3.05, 3.63) is 23.8 Å². The molecule has 1 fully saturated rings. The van der Waals surface area contributed by atoms with Gasteiger partial charge in [0.05, 0.1) is 24.3 Å². The molecule has 0 N–H and O–H groups in total. The molecule has 1 aromatic carbocycles. The van der Waals surface area contributed by atoms with Crippen LogP contribution in [0.2, 0.25) is 0 Å². The highest BCUT2D eigenvalue weighted by Crippen LogP contribution is 2.35. The molecule has 2 aliphatic rings. The summed E-state index contributed by atoms with van der Waals surface area (Å²) in [5.74, 6) is 0.691. The topological polar surface area (TPSA) is 63.7 Å². The molecular formula is C12H11NO4S2. The van der Waals surface area contributed by atoms with Crippen molar-refractivity contribution >= 4 is 33.6 Å². The van der Waals surface area contributed by atoms with Gasteiger partial charge < -0.3 is 9.64 Å². The van der Waals surface area contributed by atoms with Crippen LogP contribution in [0.3, 0.4) is 0 Å². The number of ether oxygens (including phenoxy) is 1. The quantitative estimate of drug-likeness (QED) is 0.769. The van der Waals surface area contributed by atoms with Crippen LogP contribution in [-0.4, -0.2) is 44.9 Å². The minimum Gasteiger partial charge on any atom is -0.497 e. The highest BCUT2D eigenvalue weighted by Gasteiger charge is 2.42. The summed E-state index contributed by atoms with van der Waals surface area (Å²) >= 11 is 1.04. The molecule has 7 heteroatoms. The monoisotopic (exact) mass is 297 g/mol. The first-order valence-corrected chi connectivity index (χ1v) is 7.96. The second-order valence-corrected chi connectivity index (χ2v) is 6.83. The zero-order valence-corrected chi connectivity index (χ0v) is 11.8. The minimum atomic E-state index is -1.14. The summed E-state index contributed by atoms with van der Waals surface area (Å²) in [5, 5.41) is -0.122. The van der Waals surface area contributed by atoms with Gasteiger partial charge in [-0.2, -0.15) is 0 Å². The van der Waals surface area contributed by atoms with E-state index < -0.39 is 16.8 Å². The smallest absolute Gasteiger partial charge is 0.256 e. The molecule has 5 nitrogen and oxygen atoms in total. The van der Waals surface area contributed by atoms with Gasteiger partial charge in [-0.15, -0.1) is 0 Å². The van der Waals surface area contributed by atoms with Crippen molar-refractivity contribution in [2.24, 2.45) is 0 Å². The van der Waals surface area contributed by atoms with E-state index in [0.29, 0.717) is 16.2 Å². The van der Waals surface area contributed by atoms with Gasteiger partial charge in [-0.25, -0.2) is 0 Å². The first kappa shape index (κ1) is 12.7. The third kappa shape index (κ3) is 2.06. The molecular weight excluding hydrogens is 286 g/mol. The van der Waals surface area contributed by atoms with Crippen molar-refractivity contribution in [3.8, 4) is 5.75 Å². The number of hydrogen-bond acceptors (Lipinski definition) is 5. The fourth-order valence-electron chi connectivity index (χ4n) is 2.18. The molecule has 0 bridgehead atoms. The van der Waals surface area contributed by atoms with E-state index in [2.05, 4.69) is 0 Å². The predicted molar refractivity (Wildman–Crippen MR) is 71.7 cm³/mol. The van der Waals surface area contributed by atoms with E-state index in [0.717, 1.165) is 11.8 Å². The molecule has 0 aliphatic carbocycles. The van der Waals surface area contributed by atoms with Crippen molar-refractivity contribution in [3.63, 3.8) is 0 Å². The van der Waals surface area contributed by atoms with Crippen molar-refractivity contribution in [2.75, 3.05) is 18.7 Å². The summed E-state index contributed by atoms with van der Waals surface area (Å²) in [4.78, 5) is 26.6. The minimum absolute atomic E-state index is 0.122. The number of nitrogens with zero attached hydrogens (tertiary/aromatic N) is 1. The standard InChI is InChI=1S/C12H11NO4S2/c1-17-7-2-3-10-8(4-7)11(14)13-6-19(16)5-9(13)12(15)18-10/h2-4,9H,5-6H2,1H3/t9-,19+/m0/s1. The van der Waals surface area contributed by atoms with E-state index in [9.17, 15) is 13.8 Å². The molecule has 0 radical (unpaired) electrons. The normalized spacial score (nSPS) is 25.8. The Morgan fingerprint density at radius 2 is 2.21 bits per heavy atom. The largest absolute Gasteiger partial charge is 0.497 e. The lowest BCUT2D eigenvalue weighted by molar-refractivity contribution is -0.113. The van der Waals surface area contributed by atoms with E-state index in [1.807, 2.05) is 0 Å². The first-order valence-electron chi connectivity index (χ1n) is 5.66. The van der Waals surface area contributed by atoms with Crippen molar-refractivity contribution < 1.29 is 18.5 Å². The molecule has 0 aromatic heterocycles. The molecule has 1 aromatic rings. The molecule has 0 spiro atoms. The Balaban J connectivity index is 2.09. The summed E-state index contributed by atoms with van der Waals surface area (Å²) < 4.78 is 16.7. The molecule has 1 saturated heterocycles. The van der Waals surface area contributed by atoms with Gasteiger partial charge >= 0.3 is 0 Å². The van der Waals surface area contributed by atoms with Crippen LogP contribution in [0.25, 0.3) is 0 Å². The van der Waals surface area contributed by atoms with Gasteiger partial charge in [-0.05, 0) is 30.0 Å². The van der Waals surface area contributed by atoms with Crippen LogP contribution in [0.15, 0.2) is 23.1 Å². The number of rotatable bonds is 1. The summed E-state index contributed by atoms with van der Waals surface area (Å²) in [7, 11) is 0.387. The molecule has 0 saturated carbocycles. The van der Waals surface area contributed by atoms with Crippen LogP contribution in [0.1, 0.15) is 10.4 Å². The van der Waals surface area contributed by atoms with E-state index in [-0.39, 0.29) is 22.7 Å². The average Bonchev–Trinajstić information content (AvgIpc) is 2.76. The number of amides is 1. The zero-order valence-electron chi connectivity index (χ0n) is 10.1. The Morgan fingerprint density at radius 3 is 2.95 bits per heavy atom. The molecule has 2 atom stereocenters. The Morgan fingerprint density at radius 1 is 1.42 bits per heavy atom. The fourth-order valence-corrected chi connectivity index (χ4v) is 4.64. The van der Waals surface area contributed by atoms with Gasteiger partial charge in [-0.3, -0.25) is 13.8 Å². The van der Waals surface area contributed by atoms with Crippen molar-refractivity contribution in [1.82, 2.24) is 4.90 Å². The Kier molecular flexibility index (Phi) is 3.10. The fraction of sp³-hybridized carbons (Fsp3) is 0.333. The van der Waals surface area contributed by atoms with Gasteiger partial charge in [0.25, 0.3) is 5.91 Å². The molecule has 100 valence electrons. The Hall–Kier alpha value is -1.34. The van der Waals surface area contributed by atoms with Crippen LogP contribution >= 0.6 is 11.8 Å². The second kappa shape index (κ2) is 4.64. The van der Waals surface area contributed by atoms with Crippen LogP contribution in [-0.2, 0) is 15.6 Å². The number of benzene rings is 1. The van der Waals surface area contributed by atoms with Crippen molar-refractivity contribution in [2.45, 2.75) is 10.9 Å². The number of carbonyl (C=O) groups excluding carboxylic acids is 2. The lowest BCUT2D eigenvalue weighted by atomic mass is 10.1. The van der Waals surface area contributed by atoms with Crippen LogP contribution in [0.5, 0.6) is 5.75 Å². The SMILES string of the molecule is COc1ccc2c(c1)C(=O)N1C[S@](=O)C[C@H]1C(=O)S2. The predicted octanol–water partition coefficient (Wildman–Crippen LogP) is 0.858. The maximum absolute atomic E-state index is 12.4. The molecule has 0 unspecified atom stereocenters. The second-order valence-electron chi connectivity index (χ2n) is 4.31. The van der Waals surface area contributed by atoms with Gasteiger partial charge in [0.2, 0.25) is 5.12 Å².